The van der Waals surface area contributed by atoms with Crippen LogP contribution in [0, 0.1) is 11.8 Å². The molecule has 21 heavy (non-hydrogen) atoms. The quantitative estimate of drug-likeness (QED) is 0.858. The van der Waals surface area contributed by atoms with E-state index in [4.69, 9.17) is 4.74 Å². The van der Waals surface area contributed by atoms with Crippen molar-refractivity contribution in [2.24, 2.45) is 11.8 Å². The van der Waals surface area contributed by atoms with E-state index < -0.39 is 0 Å². The topological polar surface area (TPSA) is 32.8 Å². The molecule has 1 aromatic rings. The van der Waals surface area contributed by atoms with E-state index in [-0.39, 0.29) is 17.9 Å². The Hall–Kier alpha value is -0.910. The zero-order chi connectivity index (χ0) is 14.2. The van der Waals surface area contributed by atoms with Gasteiger partial charge in [0, 0.05) is 25.0 Å². The summed E-state index contributed by atoms with van der Waals surface area (Å²) in [6.45, 7) is 4.52. The molecule has 3 fully saturated rings. The third kappa shape index (κ3) is 2.87. The Labute approximate surface area is 129 Å². The lowest BCUT2D eigenvalue weighted by Gasteiger charge is -2.37. The summed E-state index contributed by atoms with van der Waals surface area (Å²) in [4.78, 5) is 17.3. The maximum absolute atomic E-state index is 12.9. The SMILES string of the molecule is O=C1[C@@H]2CCN(CC3CC3)C[C@@H]2OCCN1c1ccsc1. The summed E-state index contributed by atoms with van der Waals surface area (Å²) in [5.41, 5.74) is 1.04. The molecule has 0 unspecified atom stereocenters. The van der Waals surface area contributed by atoms with Crippen LogP contribution in [-0.4, -0.2) is 49.7 Å². The molecule has 4 nitrogen and oxygen atoms in total. The summed E-state index contributed by atoms with van der Waals surface area (Å²) in [6.07, 6.45) is 3.80. The van der Waals surface area contributed by atoms with Crippen molar-refractivity contribution >= 4 is 22.9 Å². The molecule has 4 rings (SSSR count). The summed E-state index contributed by atoms with van der Waals surface area (Å²) >= 11 is 1.64. The van der Waals surface area contributed by atoms with E-state index in [1.165, 1.54) is 19.4 Å². The smallest absolute Gasteiger partial charge is 0.232 e. The van der Waals surface area contributed by atoms with E-state index in [1.807, 2.05) is 16.3 Å². The van der Waals surface area contributed by atoms with Gasteiger partial charge in [0.2, 0.25) is 5.91 Å². The van der Waals surface area contributed by atoms with Gasteiger partial charge in [-0.25, -0.2) is 0 Å². The van der Waals surface area contributed by atoms with Crippen LogP contribution in [0.1, 0.15) is 19.3 Å². The molecule has 2 aliphatic heterocycles. The normalized spacial score (nSPS) is 31.0. The van der Waals surface area contributed by atoms with Crippen LogP contribution >= 0.6 is 11.3 Å². The Morgan fingerprint density at radius 2 is 2.19 bits per heavy atom. The van der Waals surface area contributed by atoms with Gasteiger partial charge in [-0.3, -0.25) is 4.79 Å². The number of fused-ring (bicyclic) bond motifs is 1. The van der Waals surface area contributed by atoms with E-state index in [0.29, 0.717) is 13.2 Å². The zero-order valence-electron chi connectivity index (χ0n) is 12.2. The van der Waals surface area contributed by atoms with Crippen LogP contribution in [0.2, 0.25) is 0 Å². The monoisotopic (exact) mass is 306 g/mol. The molecule has 0 spiro atoms. The van der Waals surface area contributed by atoms with Gasteiger partial charge in [0.15, 0.2) is 0 Å². The molecule has 1 aliphatic carbocycles. The second-order valence-corrected chi connectivity index (χ2v) is 7.26. The fourth-order valence-corrected chi connectivity index (χ4v) is 4.18. The first-order valence-electron chi connectivity index (χ1n) is 7.99. The standard InChI is InChI=1S/C16H22N2O2S/c19-16-14-3-5-17(9-12-1-2-12)10-15(14)20-7-6-18(16)13-4-8-21-11-13/h4,8,11-12,14-15H,1-3,5-7,9-10H2/t14-,15+/m1/s1. The third-order valence-electron chi connectivity index (χ3n) is 4.90. The maximum Gasteiger partial charge on any atom is 0.232 e. The summed E-state index contributed by atoms with van der Waals surface area (Å²) in [7, 11) is 0. The molecule has 2 atom stereocenters. The number of hydrogen-bond donors (Lipinski definition) is 0. The number of carbonyl (C=O) groups excluding carboxylic acids is 1. The predicted octanol–water partition coefficient (Wildman–Crippen LogP) is 2.21. The molecule has 0 aromatic carbocycles. The number of hydrogen-bond acceptors (Lipinski definition) is 4. The van der Waals surface area contributed by atoms with Gasteiger partial charge in [-0.1, -0.05) is 0 Å². The number of likely N-dealkylation sites (tertiary alicyclic amines) is 1. The average Bonchev–Trinajstić information content (AvgIpc) is 3.17. The summed E-state index contributed by atoms with van der Waals surface area (Å²) in [5.74, 6) is 1.22. The Morgan fingerprint density at radius 1 is 1.29 bits per heavy atom. The molecule has 2 saturated heterocycles. The largest absolute Gasteiger partial charge is 0.374 e. The highest BCUT2D eigenvalue weighted by Crippen LogP contribution is 2.33. The van der Waals surface area contributed by atoms with Crippen molar-refractivity contribution in [3.05, 3.63) is 16.8 Å². The van der Waals surface area contributed by atoms with E-state index >= 15 is 0 Å². The first-order chi connectivity index (χ1) is 10.3. The molecule has 0 bridgehead atoms. The molecule has 1 amide bonds. The zero-order valence-corrected chi connectivity index (χ0v) is 13.1. The fraction of sp³-hybridized carbons (Fsp3) is 0.688. The number of rotatable bonds is 3. The van der Waals surface area contributed by atoms with Crippen LogP contribution in [0.3, 0.4) is 0 Å². The van der Waals surface area contributed by atoms with Gasteiger partial charge in [0.1, 0.15) is 0 Å². The van der Waals surface area contributed by atoms with E-state index in [9.17, 15) is 4.79 Å². The van der Waals surface area contributed by atoms with E-state index in [0.717, 1.165) is 31.1 Å². The first-order valence-corrected chi connectivity index (χ1v) is 8.93. The van der Waals surface area contributed by atoms with Crippen LogP contribution < -0.4 is 4.90 Å². The second-order valence-electron chi connectivity index (χ2n) is 6.48. The number of nitrogens with zero attached hydrogens (tertiary/aromatic N) is 2. The highest BCUT2D eigenvalue weighted by molar-refractivity contribution is 7.08. The van der Waals surface area contributed by atoms with E-state index in [1.54, 1.807) is 11.3 Å². The first kappa shape index (κ1) is 13.7. The molecule has 114 valence electrons. The minimum absolute atomic E-state index is 0.0443. The summed E-state index contributed by atoms with van der Waals surface area (Å²) in [5, 5.41) is 4.09. The number of carbonyl (C=O) groups is 1. The van der Waals surface area contributed by atoms with Crippen LogP contribution in [-0.2, 0) is 9.53 Å². The summed E-state index contributed by atoms with van der Waals surface area (Å²) in [6, 6.07) is 2.03. The second kappa shape index (κ2) is 5.71. The molecule has 1 aromatic heterocycles. The van der Waals surface area contributed by atoms with Gasteiger partial charge in [-0.15, -0.1) is 0 Å². The van der Waals surface area contributed by atoms with Gasteiger partial charge in [0.25, 0.3) is 0 Å². The molecule has 0 N–H and O–H groups in total. The van der Waals surface area contributed by atoms with Crippen molar-refractivity contribution in [2.75, 3.05) is 37.7 Å². The number of ether oxygens (including phenoxy) is 1. The number of amides is 1. The Bertz CT molecular complexity index is 500. The highest BCUT2D eigenvalue weighted by Gasteiger charge is 2.40. The average molecular weight is 306 g/mol. The molecule has 3 aliphatic rings. The van der Waals surface area contributed by atoms with Crippen molar-refractivity contribution in [2.45, 2.75) is 25.4 Å². The van der Waals surface area contributed by atoms with Gasteiger partial charge >= 0.3 is 0 Å². The number of piperidine rings is 1. The van der Waals surface area contributed by atoms with Crippen molar-refractivity contribution in [3.8, 4) is 0 Å². The molecular formula is C16H22N2O2S. The van der Waals surface area contributed by atoms with Crippen LogP contribution in [0.4, 0.5) is 5.69 Å². The van der Waals surface area contributed by atoms with Crippen molar-refractivity contribution in [3.63, 3.8) is 0 Å². The van der Waals surface area contributed by atoms with E-state index in [2.05, 4.69) is 10.3 Å². The highest BCUT2D eigenvalue weighted by atomic mass is 32.1. The van der Waals surface area contributed by atoms with Gasteiger partial charge in [-0.2, -0.15) is 11.3 Å². The molecule has 0 radical (unpaired) electrons. The van der Waals surface area contributed by atoms with Gasteiger partial charge < -0.3 is 14.5 Å². The Kier molecular flexibility index (Phi) is 3.73. The third-order valence-corrected chi connectivity index (χ3v) is 5.58. The lowest BCUT2D eigenvalue weighted by atomic mass is 9.92. The molecule has 5 heteroatoms. The Balaban J connectivity index is 1.46. The number of thiophene rings is 1. The predicted molar refractivity (Wildman–Crippen MR) is 83.7 cm³/mol. The molecule has 3 heterocycles. The lowest BCUT2D eigenvalue weighted by molar-refractivity contribution is -0.128. The lowest BCUT2D eigenvalue weighted by Crippen LogP contribution is -2.49. The minimum atomic E-state index is 0.0443. The van der Waals surface area contributed by atoms with Gasteiger partial charge in [0.05, 0.1) is 24.3 Å². The van der Waals surface area contributed by atoms with Crippen LogP contribution in [0.5, 0.6) is 0 Å². The van der Waals surface area contributed by atoms with Crippen molar-refractivity contribution in [1.29, 1.82) is 0 Å². The molecule has 1 saturated carbocycles. The fourth-order valence-electron chi connectivity index (χ4n) is 3.54. The molecular weight excluding hydrogens is 284 g/mol. The van der Waals surface area contributed by atoms with Crippen LogP contribution in [0.15, 0.2) is 16.8 Å². The van der Waals surface area contributed by atoms with Crippen molar-refractivity contribution < 1.29 is 9.53 Å². The number of anilines is 1. The summed E-state index contributed by atoms with van der Waals surface area (Å²) < 4.78 is 6.04. The maximum atomic E-state index is 12.9. The van der Waals surface area contributed by atoms with Crippen molar-refractivity contribution in [1.82, 2.24) is 4.90 Å². The van der Waals surface area contributed by atoms with Crippen LogP contribution in [0.25, 0.3) is 0 Å². The Morgan fingerprint density at radius 3 is 2.95 bits per heavy atom. The minimum Gasteiger partial charge on any atom is -0.374 e. The van der Waals surface area contributed by atoms with Gasteiger partial charge in [-0.05, 0) is 43.2 Å².